The first-order chi connectivity index (χ1) is 9.77. The predicted octanol–water partition coefficient (Wildman–Crippen LogP) is 4.21. The van der Waals surface area contributed by atoms with E-state index in [9.17, 15) is 9.50 Å². The van der Waals surface area contributed by atoms with Gasteiger partial charge < -0.3 is 9.84 Å². The van der Waals surface area contributed by atoms with E-state index in [1.54, 1.807) is 6.92 Å². The lowest BCUT2D eigenvalue weighted by molar-refractivity contribution is 0.189. The highest BCUT2D eigenvalue weighted by molar-refractivity contribution is 7.09. The molecule has 5 heteroatoms. The van der Waals surface area contributed by atoms with Crippen molar-refractivity contribution in [3.63, 3.8) is 0 Å². The van der Waals surface area contributed by atoms with Crippen molar-refractivity contribution in [1.82, 2.24) is 4.98 Å². The van der Waals surface area contributed by atoms with E-state index in [4.69, 9.17) is 4.74 Å². The molecule has 3 nitrogen and oxygen atoms in total. The van der Waals surface area contributed by atoms with Crippen LogP contribution in [0.4, 0.5) is 4.39 Å². The average molecular weight is 309 g/mol. The minimum absolute atomic E-state index is 0.00161. The Balaban J connectivity index is 2.13. The van der Waals surface area contributed by atoms with E-state index in [2.05, 4.69) is 25.8 Å². The summed E-state index contributed by atoms with van der Waals surface area (Å²) < 4.78 is 19.0. The lowest BCUT2D eigenvalue weighted by atomic mass is 9.93. The number of rotatable bonds is 4. The van der Waals surface area contributed by atoms with Crippen LogP contribution in [0.3, 0.4) is 0 Å². The first-order valence-corrected chi connectivity index (χ1v) is 7.70. The molecular formula is C16H20FNO2S. The average Bonchev–Trinajstić information content (AvgIpc) is 2.84. The fourth-order valence-electron chi connectivity index (χ4n) is 1.84. The Morgan fingerprint density at radius 3 is 2.67 bits per heavy atom. The molecule has 1 aromatic carbocycles. The molecule has 1 N–H and O–H groups in total. The van der Waals surface area contributed by atoms with Crippen LogP contribution in [0.25, 0.3) is 0 Å². The van der Waals surface area contributed by atoms with Gasteiger partial charge in [0.1, 0.15) is 23.2 Å². The van der Waals surface area contributed by atoms with Crippen LogP contribution in [0.1, 0.15) is 50.1 Å². The number of ether oxygens (including phenoxy) is 1. The van der Waals surface area contributed by atoms with E-state index in [-0.39, 0.29) is 17.8 Å². The Morgan fingerprint density at radius 2 is 2.10 bits per heavy atom. The van der Waals surface area contributed by atoms with Gasteiger partial charge in [-0.2, -0.15) is 0 Å². The molecule has 0 saturated carbocycles. The van der Waals surface area contributed by atoms with E-state index in [0.717, 1.165) is 10.7 Å². The largest absolute Gasteiger partial charge is 0.486 e. The molecule has 0 unspecified atom stereocenters. The van der Waals surface area contributed by atoms with Gasteiger partial charge in [-0.15, -0.1) is 11.3 Å². The van der Waals surface area contributed by atoms with Gasteiger partial charge in [0.05, 0.1) is 11.8 Å². The summed E-state index contributed by atoms with van der Waals surface area (Å²) >= 11 is 1.52. The summed E-state index contributed by atoms with van der Waals surface area (Å²) in [5, 5.41) is 12.5. The van der Waals surface area contributed by atoms with Gasteiger partial charge in [0.15, 0.2) is 0 Å². The summed E-state index contributed by atoms with van der Waals surface area (Å²) in [5.74, 6) is -0.0265. The number of nitrogens with zero attached hydrogens (tertiary/aromatic N) is 1. The molecule has 2 rings (SSSR count). The molecule has 0 saturated heterocycles. The van der Waals surface area contributed by atoms with Crippen molar-refractivity contribution in [2.24, 2.45) is 0 Å². The van der Waals surface area contributed by atoms with Crippen LogP contribution in [0, 0.1) is 5.82 Å². The number of aliphatic hydroxyl groups is 1. The molecule has 0 spiro atoms. The van der Waals surface area contributed by atoms with Crippen molar-refractivity contribution in [1.29, 1.82) is 0 Å². The molecular weight excluding hydrogens is 289 g/mol. The Hall–Kier alpha value is -1.46. The third-order valence-corrected chi connectivity index (χ3v) is 3.92. The number of hydrogen-bond acceptors (Lipinski definition) is 4. The van der Waals surface area contributed by atoms with E-state index >= 15 is 0 Å². The van der Waals surface area contributed by atoms with Crippen LogP contribution in [-0.4, -0.2) is 10.1 Å². The molecule has 0 aliphatic heterocycles. The predicted molar refractivity (Wildman–Crippen MR) is 82.2 cm³/mol. The van der Waals surface area contributed by atoms with E-state index in [1.807, 2.05) is 5.38 Å². The minimum atomic E-state index is -0.706. The van der Waals surface area contributed by atoms with E-state index in [0.29, 0.717) is 11.3 Å². The maximum Gasteiger partial charge on any atom is 0.140 e. The van der Waals surface area contributed by atoms with Gasteiger partial charge in [-0.25, -0.2) is 9.37 Å². The second-order valence-electron chi connectivity index (χ2n) is 6.02. The normalized spacial score (nSPS) is 13.2. The summed E-state index contributed by atoms with van der Waals surface area (Å²) in [6.45, 7) is 8.20. The van der Waals surface area contributed by atoms with Crippen molar-refractivity contribution >= 4 is 11.3 Å². The smallest absolute Gasteiger partial charge is 0.140 e. The zero-order valence-corrected chi connectivity index (χ0v) is 13.5. The maximum atomic E-state index is 13.3. The van der Waals surface area contributed by atoms with Crippen molar-refractivity contribution in [2.45, 2.75) is 45.8 Å². The molecule has 2 aromatic rings. The first-order valence-electron chi connectivity index (χ1n) is 6.82. The lowest BCUT2D eigenvalue weighted by Crippen LogP contribution is -2.11. The molecule has 0 radical (unpaired) electrons. The summed E-state index contributed by atoms with van der Waals surface area (Å²) in [4.78, 5) is 4.53. The molecule has 1 heterocycles. The van der Waals surface area contributed by atoms with Gasteiger partial charge in [0.2, 0.25) is 0 Å². The fourth-order valence-corrected chi connectivity index (χ4v) is 2.77. The Kier molecular flexibility index (Phi) is 4.64. The molecule has 1 atom stereocenters. The maximum absolute atomic E-state index is 13.3. The van der Waals surface area contributed by atoms with Crippen LogP contribution in [0.15, 0.2) is 23.6 Å². The van der Waals surface area contributed by atoms with Crippen LogP contribution in [0.5, 0.6) is 5.75 Å². The standard InChI is InChI=1S/C16H20FNO2S/c1-10(19)12-6-5-11(17)7-13(12)20-8-15-18-14(9-21-15)16(2,3)4/h5-7,9-10,19H,8H2,1-4H3/t10-/m0/s1. The van der Waals surface area contributed by atoms with Crippen LogP contribution in [-0.2, 0) is 12.0 Å². The number of halogens is 1. The third-order valence-electron chi connectivity index (χ3n) is 3.10. The summed E-state index contributed by atoms with van der Waals surface area (Å²) in [5.41, 5.74) is 1.59. The summed E-state index contributed by atoms with van der Waals surface area (Å²) in [6, 6.07) is 4.15. The molecule has 1 aromatic heterocycles. The van der Waals surface area contributed by atoms with Gasteiger partial charge in [-0.1, -0.05) is 20.8 Å². The Labute approximate surface area is 128 Å². The number of aliphatic hydroxyl groups excluding tert-OH is 1. The number of hydrogen-bond donors (Lipinski definition) is 1. The summed E-state index contributed by atoms with van der Waals surface area (Å²) in [6.07, 6.45) is -0.706. The van der Waals surface area contributed by atoms with Crippen molar-refractivity contribution in [2.75, 3.05) is 0 Å². The number of thiazole rings is 1. The molecule has 0 amide bonds. The highest BCUT2D eigenvalue weighted by Gasteiger charge is 2.18. The van der Waals surface area contributed by atoms with E-state index < -0.39 is 6.10 Å². The zero-order valence-electron chi connectivity index (χ0n) is 12.7. The van der Waals surface area contributed by atoms with Crippen LogP contribution < -0.4 is 4.74 Å². The second-order valence-corrected chi connectivity index (χ2v) is 6.97. The Bertz CT molecular complexity index is 617. The van der Waals surface area contributed by atoms with Crippen molar-refractivity contribution < 1.29 is 14.2 Å². The molecule has 114 valence electrons. The molecule has 0 bridgehead atoms. The highest BCUT2D eigenvalue weighted by atomic mass is 32.1. The highest BCUT2D eigenvalue weighted by Crippen LogP contribution is 2.28. The first kappa shape index (κ1) is 15.9. The zero-order chi connectivity index (χ0) is 15.6. The number of aromatic nitrogens is 1. The topological polar surface area (TPSA) is 42.4 Å². The molecule has 0 aliphatic rings. The third kappa shape index (κ3) is 4.02. The SMILES string of the molecule is C[C@H](O)c1ccc(F)cc1OCc1nc(C(C)(C)C)cs1. The quantitative estimate of drug-likeness (QED) is 0.920. The fraction of sp³-hybridized carbons (Fsp3) is 0.438. The monoisotopic (exact) mass is 309 g/mol. The van der Waals surface area contributed by atoms with Gasteiger partial charge in [0, 0.05) is 22.4 Å². The van der Waals surface area contributed by atoms with Crippen LogP contribution >= 0.6 is 11.3 Å². The van der Waals surface area contributed by atoms with Gasteiger partial charge in [0.25, 0.3) is 0 Å². The van der Waals surface area contributed by atoms with Crippen molar-refractivity contribution in [3.05, 3.63) is 45.7 Å². The van der Waals surface area contributed by atoms with E-state index in [1.165, 1.54) is 29.5 Å². The van der Waals surface area contributed by atoms with Gasteiger partial charge >= 0.3 is 0 Å². The van der Waals surface area contributed by atoms with Gasteiger partial charge in [-0.05, 0) is 19.1 Å². The second kappa shape index (κ2) is 6.12. The molecule has 0 fully saturated rings. The lowest BCUT2D eigenvalue weighted by Gasteiger charge is -2.14. The Morgan fingerprint density at radius 1 is 1.38 bits per heavy atom. The molecule has 21 heavy (non-hydrogen) atoms. The minimum Gasteiger partial charge on any atom is -0.486 e. The van der Waals surface area contributed by atoms with Crippen molar-refractivity contribution in [3.8, 4) is 5.75 Å². The molecule has 0 aliphatic carbocycles. The van der Waals surface area contributed by atoms with Crippen LogP contribution in [0.2, 0.25) is 0 Å². The number of benzene rings is 1. The summed E-state index contributed by atoms with van der Waals surface area (Å²) in [7, 11) is 0. The van der Waals surface area contributed by atoms with Gasteiger partial charge in [-0.3, -0.25) is 0 Å².